The number of fused-ring (bicyclic) bond motifs is 1. The van der Waals surface area contributed by atoms with Crippen LogP contribution in [-0.4, -0.2) is 9.97 Å². The lowest BCUT2D eigenvalue weighted by Crippen LogP contribution is -2.07. The molecule has 20 heavy (non-hydrogen) atoms. The summed E-state index contributed by atoms with van der Waals surface area (Å²) in [5.74, 6) is -1.38. The molecule has 0 unspecified atom stereocenters. The zero-order valence-corrected chi connectivity index (χ0v) is 10.7. The van der Waals surface area contributed by atoms with Gasteiger partial charge in [0.1, 0.15) is 0 Å². The van der Waals surface area contributed by atoms with E-state index in [4.69, 9.17) is 5.73 Å². The second kappa shape index (κ2) is 4.67. The predicted octanol–water partition coefficient (Wildman–Crippen LogP) is 2.86. The Balaban J connectivity index is 1.99. The van der Waals surface area contributed by atoms with Crippen molar-refractivity contribution >= 4 is 12.0 Å². The number of halogens is 2. The summed E-state index contributed by atoms with van der Waals surface area (Å²) in [6, 6.07) is 2.53. The van der Waals surface area contributed by atoms with Gasteiger partial charge in [-0.25, -0.2) is 18.7 Å². The van der Waals surface area contributed by atoms with Crippen LogP contribution in [0.4, 0.5) is 14.7 Å². The highest BCUT2D eigenvalue weighted by Gasteiger charge is 2.27. The zero-order chi connectivity index (χ0) is 14.3. The smallest absolute Gasteiger partial charge is 0.220 e. The molecule has 0 saturated heterocycles. The molecule has 1 heterocycles. The molecule has 0 spiro atoms. The van der Waals surface area contributed by atoms with Gasteiger partial charge in [0.05, 0.1) is 5.69 Å². The first-order chi connectivity index (χ1) is 9.58. The molecule has 1 aliphatic rings. The van der Waals surface area contributed by atoms with Gasteiger partial charge in [0.2, 0.25) is 5.95 Å². The summed E-state index contributed by atoms with van der Waals surface area (Å²) in [6.45, 7) is 3.73. The molecule has 0 atom stereocenters. The molecule has 0 bridgehead atoms. The minimum absolute atomic E-state index is 0.0458. The number of aromatic nitrogens is 2. The van der Waals surface area contributed by atoms with Crippen molar-refractivity contribution in [1.82, 2.24) is 9.97 Å². The first-order valence-corrected chi connectivity index (χ1v) is 6.30. The highest BCUT2D eigenvalue weighted by atomic mass is 19.2. The van der Waals surface area contributed by atoms with Gasteiger partial charge in [-0.3, -0.25) is 0 Å². The number of nitrogens with two attached hydrogens (primary N) is 1. The second-order valence-electron chi connectivity index (χ2n) is 4.91. The molecule has 2 N–H and O–H groups in total. The van der Waals surface area contributed by atoms with Crippen LogP contribution in [0, 0.1) is 11.6 Å². The number of hydrogen-bond donors (Lipinski definition) is 1. The maximum absolute atomic E-state index is 13.3. The Morgan fingerprint density at radius 3 is 2.35 bits per heavy atom. The summed E-state index contributed by atoms with van der Waals surface area (Å²) in [7, 11) is 0. The largest absolute Gasteiger partial charge is 0.368 e. The average Bonchev–Trinajstić information content (AvgIpc) is 2.82. The minimum Gasteiger partial charge on any atom is -0.368 e. The van der Waals surface area contributed by atoms with Crippen molar-refractivity contribution in [3.8, 4) is 0 Å². The Bertz CT molecular complexity index is 667. The monoisotopic (exact) mass is 273 g/mol. The molecule has 0 amide bonds. The summed E-state index contributed by atoms with van der Waals surface area (Å²) in [5, 5.41) is 0. The van der Waals surface area contributed by atoms with E-state index >= 15 is 0 Å². The number of nitrogen functional groups attached to an aromatic ring is 1. The van der Waals surface area contributed by atoms with E-state index in [1.165, 1.54) is 12.1 Å². The van der Waals surface area contributed by atoms with Crippen molar-refractivity contribution in [2.45, 2.75) is 18.8 Å². The van der Waals surface area contributed by atoms with Crippen LogP contribution >= 0.6 is 0 Å². The van der Waals surface area contributed by atoms with Crippen LogP contribution in [0.2, 0.25) is 0 Å². The quantitative estimate of drug-likeness (QED) is 0.915. The third-order valence-electron chi connectivity index (χ3n) is 3.65. The fourth-order valence-corrected chi connectivity index (χ4v) is 2.71. The van der Waals surface area contributed by atoms with Gasteiger partial charge in [-0.2, -0.15) is 0 Å². The Labute approximate surface area is 115 Å². The molecule has 3 rings (SSSR count). The summed E-state index contributed by atoms with van der Waals surface area (Å²) in [4.78, 5) is 8.20. The number of anilines is 1. The fraction of sp³-hybridized carbons (Fsp3) is 0.200. The molecule has 3 nitrogen and oxygen atoms in total. The van der Waals surface area contributed by atoms with E-state index in [2.05, 4.69) is 16.5 Å². The van der Waals surface area contributed by atoms with E-state index in [0.717, 1.165) is 22.4 Å². The summed E-state index contributed by atoms with van der Waals surface area (Å²) in [6.07, 6.45) is 4.52. The second-order valence-corrected chi connectivity index (χ2v) is 4.91. The molecule has 1 aliphatic carbocycles. The molecule has 2 aromatic rings. The molecule has 0 aliphatic heterocycles. The topological polar surface area (TPSA) is 51.8 Å². The highest BCUT2D eigenvalue weighted by molar-refractivity contribution is 5.52. The van der Waals surface area contributed by atoms with Gasteiger partial charge < -0.3 is 5.73 Å². The van der Waals surface area contributed by atoms with Crippen molar-refractivity contribution < 1.29 is 8.78 Å². The van der Waals surface area contributed by atoms with Gasteiger partial charge in [0.15, 0.2) is 11.6 Å². The Hall–Kier alpha value is -2.30. The van der Waals surface area contributed by atoms with Gasteiger partial charge in [0, 0.05) is 17.7 Å². The van der Waals surface area contributed by atoms with Crippen molar-refractivity contribution in [2.24, 2.45) is 0 Å². The third kappa shape index (κ3) is 2.05. The standard InChI is InChI=1S/C15H13F2N3/c1-2-8-7-19-15(18)20-14(8)11-3-9-5-12(16)13(17)6-10(9)4-11/h2,5-7,11H,1,3-4H2,(H2,18,19,20). The Morgan fingerprint density at radius 1 is 1.20 bits per heavy atom. The van der Waals surface area contributed by atoms with Gasteiger partial charge in [-0.15, -0.1) is 0 Å². The molecular weight excluding hydrogens is 260 g/mol. The SMILES string of the molecule is C=Cc1cnc(N)nc1C1Cc2cc(F)c(F)cc2C1. The van der Waals surface area contributed by atoms with E-state index in [9.17, 15) is 8.78 Å². The van der Waals surface area contributed by atoms with E-state index in [1.807, 2.05) is 0 Å². The van der Waals surface area contributed by atoms with Crippen LogP contribution in [0.25, 0.3) is 6.08 Å². The summed E-state index contributed by atoms with van der Waals surface area (Å²) < 4.78 is 26.6. The third-order valence-corrected chi connectivity index (χ3v) is 3.65. The van der Waals surface area contributed by atoms with E-state index in [-0.39, 0.29) is 11.9 Å². The lowest BCUT2D eigenvalue weighted by molar-refractivity contribution is 0.507. The first kappa shape index (κ1) is 12.7. The maximum atomic E-state index is 13.3. The van der Waals surface area contributed by atoms with E-state index in [1.54, 1.807) is 12.3 Å². The van der Waals surface area contributed by atoms with Gasteiger partial charge in [-0.05, 0) is 36.1 Å². The molecule has 1 aromatic heterocycles. The highest BCUT2D eigenvalue weighted by Crippen LogP contribution is 2.35. The lowest BCUT2D eigenvalue weighted by atomic mass is 9.98. The summed E-state index contributed by atoms with van der Waals surface area (Å²) >= 11 is 0. The van der Waals surface area contributed by atoms with Crippen LogP contribution in [0.15, 0.2) is 24.9 Å². The van der Waals surface area contributed by atoms with E-state index < -0.39 is 11.6 Å². The number of benzene rings is 1. The van der Waals surface area contributed by atoms with Crippen LogP contribution in [0.3, 0.4) is 0 Å². The normalized spacial score (nSPS) is 14.3. The molecule has 0 fully saturated rings. The van der Waals surface area contributed by atoms with Gasteiger partial charge in [-0.1, -0.05) is 12.7 Å². The number of hydrogen-bond acceptors (Lipinski definition) is 3. The summed E-state index contributed by atoms with van der Waals surface area (Å²) in [5.41, 5.74) is 8.85. The Morgan fingerprint density at radius 2 is 1.80 bits per heavy atom. The minimum atomic E-state index is -0.810. The lowest BCUT2D eigenvalue weighted by Gasteiger charge is -2.11. The van der Waals surface area contributed by atoms with Crippen molar-refractivity contribution in [2.75, 3.05) is 5.73 Å². The van der Waals surface area contributed by atoms with Crippen LogP contribution < -0.4 is 5.73 Å². The van der Waals surface area contributed by atoms with Gasteiger partial charge in [0.25, 0.3) is 0 Å². The fourth-order valence-electron chi connectivity index (χ4n) is 2.71. The van der Waals surface area contributed by atoms with Crippen molar-refractivity contribution in [3.05, 3.63) is 58.9 Å². The molecule has 5 heteroatoms. The number of nitrogens with zero attached hydrogens (tertiary/aromatic N) is 2. The van der Waals surface area contributed by atoms with Crippen molar-refractivity contribution in [3.63, 3.8) is 0 Å². The van der Waals surface area contributed by atoms with Crippen LogP contribution in [0.5, 0.6) is 0 Å². The molecule has 1 aromatic carbocycles. The molecule has 0 radical (unpaired) electrons. The maximum Gasteiger partial charge on any atom is 0.220 e. The Kier molecular flexibility index (Phi) is 2.97. The molecule has 102 valence electrons. The predicted molar refractivity (Wildman–Crippen MR) is 73.0 cm³/mol. The molecule has 0 saturated carbocycles. The molecular formula is C15H13F2N3. The van der Waals surface area contributed by atoms with Gasteiger partial charge >= 0.3 is 0 Å². The number of rotatable bonds is 2. The van der Waals surface area contributed by atoms with E-state index in [0.29, 0.717) is 12.8 Å². The first-order valence-electron chi connectivity index (χ1n) is 6.30. The van der Waals surface area contributed by atoms with Crippen molar-refractivity contribution in [1.29, 1.82) is 0 Å². The average molecular weight is 273 g/mol. The van der Waals surface area contributed by atoms with Crippen LogP contribution in [-0.2, 0) is 12.8 Å². The van der Waals surface area contributed by atoms with Crippen LogP contribution in [0.1, 0.15) is 28.3 Å². The zero-order valence-electron chi connectivity index (χ0n) is 10.7.